The van der Waals surface area contributed by atoms with E-state index in [0.29, 0.717) is 23.4 Å². The summed E-state index contributed by atoms with van der Waals surface area (Å²) >= 11 is 0. The highest BCUT2D eigenvalue weighted by atomic mass is 32.3. The smallest absolute Gasteiger partial charge is 0.414 e. The third kappa shape index (κ3) is 7.16. The van der Waals surface area contributed by atoms with Gasteiger partial charge in [0.25, 0.3) is 5.91 Å². The number of carbonyl (C=O) groups is 3. The molecule has 0 spiro atoms. The third-order valence-corrected chi connectivity index (χ3v) is 7.82. The van der Waals surface area contributed by atoms with Crippen molar-refractivity contribution in [3.8, 4) is 11.5 Å². The molecule has 4 rings (SSSR count). The molecular formula is C26H34N2O9S. The molecule has 2 aromatic carbocycles. The van der Waals surface area contributed by atoms with Gasteiger partial charge >= 0.3 is 11.9 Å². The molecule has 2 heterocycles. The Balaban J connectivity index is 0.000000599. The van der Waals surface area contributed by atoms with E-state index in [1.54, 1.807) is 24.3 Å². The van der Waals surface area contributed by atoms with E-state index in [1.165, 1.54) is 9.87 Å². The lowest BCUT2D eigenvalue weighted by Gasteiger charge is -2.36. The molecule has 2 aliphatic rings. The van der Waals surface area contributed by atoms with E-state index in [9.17, 15) is 13.9 Å². The second kappa shape index (κ2) is 13.0. The Morgan fingerprint density at radius 3 is 2.47 bits per heavy atom. The number of rotatable bonds is 9. The number of ether oxygens (including phenoxy) is 2. The van der Waals surface area contributed by atoms with Crippen LogP contribution >= 0.6 is 10.8 Å². The number of amides is 1. The van der Waals surface area contributed by atoms with Gasteiger partial charge in [-0.1, -0.05) is 35.0 Å². The molecule has 208 valence electrons. The van der Waals surface area contributed by atoms with Crippen molar-refractivity contribution in [1.29, 1.82) is 0 Å². The van der Waals surface area contributed by atoms with Crippen LogP contribution in [0.15, 0.2) is 47.4 Å². The predicted octanol–water partition coefficient (Wildman–Crippen LogP) is 3.87. The molecule has 0 aromatic heterocycles. The second-order valence-electron chi connectivity index (χ2n) is 9.13. The Morgan fingerprint density at radius 1 is 1.11 bits per heavy atom. The van der Waals surface area contributed by atoms with Gasteiger partial charge in [-0.05, 0) is 69.8 Å². The van der Waals surface area contributed by atoms with Gasteiger partial charge in [0.05, 0.1) is 16.6 Å². The molecule has 0 bridgehead atoms. The molecule has 12 heteroatoms. The molecular weight excluding hydrogens is 516 g/mol. The lowest BCUT2D eigenvalue weighted by molar-refractivity contribution is -0.159. The number of aliphatic carboxylic acids is 2. The molecule has 11 nitrogen and oxygen atoms in total. The monoisotopic (exact) mass is 550 g/mol. The first-order chi connectivity index (χ1) is 18.0. The number of nitrogens with zero attached hydrogens (tertiary/aromatic N) is 1. The summed E-state index contributed by atoms with van der Waals surface area (Å²) in [5.41, 5.74) is 1.58. The highest BCUT2D eigenvalue weighted by Gasteiger charge is 2.40. The van der Waals surface area contributed by atoms with Crippen molar-refractivity contribution in [3.63, 3.8) is 0 Å². The number of nitrogens with one attached hydrogen (secondary N) is 1. The van der Waals surface area contributed by atoms with Crippen LogP contribution in [-0.4, -0.2) is 73.3 Å². The zero-order valence-corrected chi connectivity index (χ0v) is 22.1. The maximum atomic E-state index is 12.5. The summed E-state index contributed by atoms with van der Waals surface area (Å²) in [6, 6.07) is 12.8. The minimum atomic E-state index is -3.22. The number of benzene rings is 2. The summed E-state index contributed by atoms with van der Waals surface area (Å²) in [6.45, 7) is 5.84. The van der Waals surface area contributed by atoms with Crippen LogP contribution < -0.4 is 14.8 Å². The molecule has 2 aromatic rings. The maximum absolute atomic E-state index is 12.5. The van der Waals surface area contributed by atoms with E-state index in [4.69, 9.17) is 29.3 Å². The predicted molar refractivity (Wildman–Crippen MR) is 141 cm³/mol. The van der Waals surface area contributed by atoms with E-state index in [0.717, 1.165) is 43.9 Å². The average Bonchev–Trinajstić information content (AvgIpc) is 3.06. The largest absolute Gasteiger partial charge is 0.487 e. The first-order valence-electron chi connectivity index (χ1n) is 12.3. The molecule has 0 saturated heterocycles. The lowest BCUT2D eigenvalue weighted by Crippen LogP contribution is -2.35. The quantitative estimate of drug-likeness (QED) is 0.228. The van der Waals surface area contributed by atoms with Crippen LogP contribution in [0.1, 0.15) is 49.0 Å². The Labute approximate surface area is 222 Å². The zero-order chi connectivity index (χ0) is 27.9. The normalized spacial score (nSPS) is 18.0. The Morgan fingerprint density at radius 2 is 1.82 bits per heavy atom. The molecule has 0 fully saturated rings. The van der Waals surface area contributed by atoms with Gasteiger partial charge in [-0.3, -0.25) is 13.9 Å². The molecule has 1 atom stereocenters. The molecule has 2 aliphatic heterocycles. The van der Waals surface area contributed by atoms with Crippen molar-refractivity contribution in [2.24, 2.45) is 0 Å². The van der Waals surface area contributed by atoms with Crippen LogP contribution in [-0.2, 0) is 16.0 Å². The fourth-order valence-electron chi connectivity index (χ4n) is 4.17. The standard InChI is InChI=1S/C24H32N2O5S.C2H2O4/c1-17(2)30-21-10-7-8-18-12-13-19(31-23(18)21)16-25-14-5-6-15-26-24(27)20-9-3-4-11-22(20)32(26,28)29;3-1(4)2(5)6/h3-4,7-11,17,19,25,28-29H,5-6,12-16H2,1-2H3;(H,3,4)(H,5,6). The van der Waals surface area contributed by atoms with Crippen molar-refractivity contribution in [2.45, 2.75) is 56.6 Å². The van der Waals surface area contributed by atoms with Crippen LogP contribution in [0, 0.1) is 0 Å². The van der Waals surface area contributed by atoms with Crippen molar-refractivity contribution in [1.82, 2.24) is 9.62 Å². The van der Waals surface area contributed by atoms with Gasteiger partial charge in [0.2, 0.25) is 0 Å². The fourth-order valence-corrected chi connectivity index (χ4v) is 5.83. The zero-order valence-electron chi connectivity index (χ0n) is 21.3. The molecule has 38 heavy (non-hydrogen) atoms. The number of unbranched alkanes of at least 4 members (excludes halogenated alkanes) is 1. The van der Waals surface area contributed by atoms with Gasteiger partial charge < -0.3 is 25.0 Å². The van der Waals surface area contributed by atoms with Crippen LogP contribution in [0.5, 0.6) is 11.5 Å². The van der Waals surface area contributed by atoms with Crippen LogP contribution in [0.3, 0.4) is 0 Å². The Kier molecular flexibility index (Phi) is 9.97. The van der Waals surface area contributed by atoms with Crippen LogP contribution in [0.2, 0.25) is 0 Å². The summed E-state index contributed by atoms with van der Waals surface area (Å²) in [5.74, 6) is -2.29. The van der Waals surface area contributed by atoms with E-state index in [2.05, 4.69) is 11.4 Å². The number of aryl methyl sites for hydroxylation is 1. The minimum absolute atomic E-state index is 0.0843. The Bertz CT molecular complexity index is 1140. The summed E-state index contributed by atoms with van der Waals surface area (Å²) in [7, 11) is -3.22. The van der Waals surface area contributed by atoms with Crippen molar-refractivity contribution < 1.29 is 43.2 Å². The van der Waals surface area contributed by atoms with Crippen molar-refractivity contribution >= 4 is 28.6 Å². The Hall–Kier alpha value is -3.32. The van der Waals surface area contributed by atoms with E-state index < -0.39 is 22.7 Å². The van der Waals surface area contributed by atoms with E-state index in [-0.39, 0.29) is 18.1 Å². The van der Waals surface area contributed by atoms with Gasteiger partial charge in [0.1, 0.15) is 6.10 Å². The lowest BCUT2D eigenvalue weighted by atomic mass is 10.0. The molecule has 0 saturated carbocycles. The van der Waals surface area contributed by atoms with Crippen molar-refractivity contribution in [2.75, 3.05) is 19.6 Å². The number of fused-ring (bicyclic) bond motifs is 2. The van der Waals surface area contributed by atoms with Gasteiger partial charge in [-0.15, -0.1) is 0 Å². The topological polar surface area (TPSA) is 166 Å². The summed E-state index contributed by atoms with van der Waals surface area (Å²) in [5, 5.41) is 18.2. The van der Waals surface area contributed by atoms with Gasteiger partial charge in [-0.25, -0.2) is 13.9 Å². The SMILES string of the molecule is CC(C)Oc1cccc2c1OC(CNCCCCN1C(=O)c3ccccc3S1(O)O)CC2.O=C(O)C(=O)O. The maximum Gasteiger partial charge on any atom is 0.414 e. The number of para-hydroxylation sites is 1. The second-order valence-corrected chi connectivity index (χ2v) is 11.1. The van der Waals surface area contributed by atoms with Crippen LogP contribution in [0.25, 0.3) is 0 Å². The van der Waals surface area contributed by atoms with Gasteiger partial charge in [0.15, 0.2) is 11.5 Å². The molecule has 1 unspecified atom stereocenters. The molecule has 1 amide bonds. The minimum Gasteiger partial charge on any atom is -0.487 e. The summed E-state index contributed by atoms with van der Waals surface area (Å²) < 4.78 is 34.4. The average molecular weight is 551 g/mol. The third-order valence-electron chi connectivity index (χ3n) is 5.91. The molecule has 0 radical (unpaired) electrons. The van der Waals surface area contributed by atoms with Gasteiger partial charge in [0, 0.05) is 13.1 Å². The molecule has 0 aliphatic carbocycles. The summed E-state index contributed by atoms with van der Waals surface area (Å²) in [4.78, 5) is 31.0. The fraction of sp³-hybridized carbons (Fsp3) is 0.423. The van der Waals surface area contributed by atoms with E-state index >= 15 is 0 Å². The number of hydrogen-bond donors (Lipinski definition) is 5. The first kappa shape index (κ1) is 29.2. The van der Waals surface area contributed by atoms with Crippen molar-refractivity contribution in [3.05, 3.63) is 53.6 Å². The number of hydrogen-bond acceptors (Lipinski definition) is 8. The number of carbonyl (C=O) groups excluding carboxylic acids is 1. The van der Waals surface area contributed by atoms with Gasteiger partial charge in [-0.2, -0.15) is 0 Å². The highest BCUT2D eigenvalue weighted by molar-refractivity contribution is 8.23. The van der Waals surface area contributed by atoms with Crippen LogP contribution in [0.4, 0.5) is 0 Å². The number of carboxylic acid groups (broad SMARTS) is 2. The number of carboxylic acids is 2. The first-order valence-corrected chi connectivity index (χ1v) is 13.8. The highest BCUT2D eigenvalue weighted by Crippen LogP contribution is 2.58. The summed E-state index contributed by atoms with van der Waals surface area (Å²) in [6.07, 6.45) is 3.60. The molecule has 5 N–H and O–H groups in total. The van der Waals surface area contributed by atoms with E-state index in [1.807, 2.05) is 26.0 Å².